The number of esters is 3. The minimum absolute atomic E-state index is 0.00773. The number of carbonyl (C=O) groups excluding carboxylic acids is 3. The number of rotatable bonds is 14. The maximum atomic E-state index is 12.9. The lowest BCUT2D eigenvalue weighted by atomic mass is 9.99. The molecule has 1 aliphatic rings. The van der Waals surface area contributed by atoms with Crippen LogP contribution >= 0.6 is 0 Å². The van der Waals surface area contributed by atoms with Gasteiger partial charge in [-0.25, -0.2) is 14.4 Å². The Labute approximate surface area is 278 Å². The van der Waals surface area contributed by atoms with Gasteiger partial charge in [-0.2, -0.15) is 0 Å². The van der Waals surface area contributed by atoms with E-state index in [1.54, 1.807) is 68.4 Å². The van der Waals surface area contributed by atoms with E-state index in [-0.39, 0.29) is 31.9 Å². The molecule has 0 radical (unpaired) electrons. The summed E-state index contributed by atoms with van der Waals surface area (Å²) < 4.78 is 37.9. The van der Waals surface area contributed by atoms with Crippen molar-refractivity contribution in [2.45, 2.75) is 26.7 Å². The number of ether oxygens (including phenoxy) is 7. The molecule has 1 aliphatic carbocycles. The van der Waals surface area contributed by atoms with Crippen molar-refractivity contribution < 1.29 is 47.5 Å². The van der Waals surface area contributed by atoms with Crippen LogP contribution in [0.4, 0.5) is 0 Å². The van der Waals surface area contributed by atoms with Crippen LogP contribution in [0, 0.1) is 0 Å². The van der Waals surface area contributed by atoms with Crippen LogP contribution in [-0.4, -0.2) is 38.3 Å². The van der Waals surface area contributed by atoms with Crippen LogP contribution in [0.1, 0.15) is 48.2 Å². The normalized spacial score (nSPS) is 12.5. The van der Waals surface area contributed by atoms with Gasteiger partial charge in [0, 0.05) is 17.1 Å². The maximum absolute atomic E-state index is 12.9. The molecule has 48 heavy (non-hydrogen) atoms. The average molecular weight is 651 g/mol. The molecule has 0 fully saturated rings. The monoisotopic (exact) mass is 650 g/mol. The summed E-state index contributed by atoms with van der Waals surface area (Å²) >= 11 is 0. The Morgan fingerprint density at radius 2 is 0.958 bits per heavy atom. The molecular formula is C38H34O10. The van der Waals surface area contributed by atoms with Crippen molar-refractivity contribution in [3.8, 4) is 39.9 Å². The smallest absolute Gasteiger partial charge is 0.343 e. The second-order valence-electron chi connectivity index (χ2n) is 11.0. The van der Waals surface area contributed by atoms with Gasteiger partial charge >= 0.3 is 17.9 Å². The molecule has 4 aromatic rings. The van der Waals surface area contributed by atoms with Gasteiger partial charge < -0.3 is 33.2 Å². The molecule has 0 saturated heterocycles. The summed E-state index contributed by atoms with van der Waals surface area (Å²) in [6.45, 7) is 11.7. The molecule has 0 aliphatic heterocycles. The van der Waals surface area contributed by atoms with Crippen molar-refractivity contribution in [1.29, 1.82) is 0 Å². The Bertz CT molecular complexity index is 1840. The van der Waals surface area contributed by atoms with Gasteiger partial charge in [-0.15, -0.1) is 0 Å². The van der Waals surface area contributed by atoms with Gasteiger partial charge in [0.15, 0.2) is 0 Å². The summed E-state index contributed by atoms with van der Waals surface area (Å²) in [7, 11) is 0. The topological polar surface area (TPSA) is 116 Å². The van der Waals surface area contributed by atoms with E-state index in [1.807, 2.05) is 30.3 Å². The van der Waals surface area contributed by atoms with Crippen LogP contribution < -0.4 is 23.7 Å². The first kappa shape index (κ1) is 33.3. The fraction of sp³-hybridized carbons (Fsp3) is 0.184. The maximum Gasteiger partial charge on any atom is 0.343 e. The fourth-order valence-electron chi connectivity index (χ4n) is 4.81. The minimum Gasteiger partial charge on any atom is -0.457 e. The molecule has 0 heterocycles. The number of hydrogen-bond acceptors (Lipinski definition) is 10. The van der Waals surface area contributed by atoms with Gasteiger partial charge in [-0.1, -0.05) is 32.2 Å². The molecule has 10 nitrogen and oxygen atoms in total. The van der Waals surface area contributed by atoms with E-state index >= 15 is 0 Å². The fourth-order valence-corrected chi connectivity index (χ4v) is 4.81. The van der Waals surface area contributed by atoms with E-state index in [0.29, 0.717) is 39.9 Å². The number of benzene rings is 4. The van der Waals surface area contributed by atoms with E-state index < -0.39 is 17.9 Å². The number of fused-ring (bicyclic) bond motifs is 3. The average Bonchev–Trinajstić information content (AvgIpc) is 3.35. The zero-order valence-electron chi connectivity index (χ0n) is 26.8. The molecule has 0 aromatic heterocycles. The lowest BCUT2D eigenvalue weighted by Crippen LogP contribution is -2.11. The van der Waals surface area contributed by atoms with E-state index in [4.69, 9.17) is 33.2 Å². The van der Waals surface area contributed by atoms with Crippen LogP contribution in [0.5, 0.6) is 28.7 Å². The molecule has 1 atom stereocenters. The first-order valence-electron chi connectivity index (χ1n) is 15.0. The van der Waals surface area contributed by atoms with Gasteiger partial charge in [0.05, 0.1) is 5.56 Å². The summed E-state index contributed by atoms with van der Waals surface area (Å²) in [6, 6.07) is 24.7. The lowest BCUT2D eigenvalue weighted by Gasteiger charge is -2.12. The van der Waals surface area contributed by atoms with Gasteiger partial charge in [-0.3, -0.25) is 0 Å². The second-order valence-corrected chi connectivity index (χ2v) is 11.0. The van der Waals surface area contributed by atoms with Crippen LogP contribution in [-0.2, 0) is 19.1 Å². The zero-order valence-corrected chi connectivity index (χ0v) is 26.8. The van der Waals surface area contributed by atoms with Crippen molar-refractivity contribution in [2.24, 2.45) is 0 Å². The molecule has 4 aromatic carbocycles. The quantitative estimate of drug-likeness (QED) is 0.0593. The van der Waals surface area contributed by atoms with E-state index in [9.17, 15) is 14.4 Å². The molecule has 1 unspecified atom stereocenters. The largest absolute Gasteiger partial charge is 0.457 e. The highest BCUT2D eigenvalue weighted by Gasteiger charge is 2.27. The minimum atomic E-state index is -0.546. The zero-order chi connectivity index (χ0) is 34.2. The Balaban J connectivity index is 1.12. The Morgan fingerprint density at radius 3 is 1.46 bits per heavy atom. The van der Waals surface area contributed by atoms with Gasteiger partial charge in [0.2, 0.25) is 20.4 Å². The molecule has 0 bridgehead atoms. The van der Waals surface area contributed by atoms with E-state index in [2.05, 4.69) is 20.1 Å². The molecule has 0 saturated carbocycles. The van der Waals surface area contributed by atoms with E-state index in [1.165, 1.54) is 0 Å². The van der Waals surface area contributed by atoms with Gasteiger partial charge in [0.25, 0.3) is 0 Å². The molecule has 5 rings (SSSR count). The van der Waals surface area contributed by atoms with Gasteiger partial charge in [-0.05, 0) is 109 Å². The predicted octanol–water partition coefficient (Wildman–Crippen LogP) is 7.36. The third kappa shape index (κ3) is 8.21. The molecule has 0 amide bonds. The van der Waals surface area contributed by atoms with Crippen molar-refractivity contribution in [2.75, 3.05) is 20.4 Å². The van der Waals surface area contributed by atoms with Crippen LogP contribution in [0.15, 0.2) is 109 Å². The molecular weight excluding hydrogens is 616 g/mol. The standard InChI is InChI=1S/C38H34O10/c1-23(2)36(39)46-21-43-27-8-6-26(7-9-27)38(41)48-31-15-17-33-32-16-14-30(18-34(32)25(5)35(33)19-31)45-20-42-28-10-12-29(13-11-28)44-22-47-37(40)24(3)4/h6-19,25H,1,3,20-22H2,2,4-5H3. The van der Waals surface area contributed by atoms with Gasteiger partial charge in [0.1, 0.15) is 28.7 Å². The highest BCUT2D eigenvalue weighted by atomic mass is 16.7. The van der Waals surface area contributed by atoms with Crippen molar-refractivity contribution in [3.63, 3.8) is 0 Å². The molecule has 246 valence electrons. The molecule has 10 heteroatoms. The SMILES string of the molecule is C=C(C)C(=O)OCOc1ccc(OCOc2ccc3c(c2)C(C)c2cc(OC(=O)c4ccc(OCOC(=O)C(=C)C)cc4)ccc2-3)cc1. The third-order valence-corrected chi connectivity index (χ3v) is 7.37. The summed E-state index contributed by atoms with van der Waals surface area (Å²) in [4.78, 5) is 35.8. The third-order valence-electron chi connectivity index (χ3n) is 7.37. The molecule has 0 N–H and O–H groups in total. The lowest BCUT2D eigenvalue weighted by molar-refractivity contribution is -0.146. The first-order chi connectivity index (χ1) is 23.1. The number of carbonyl (C=O) groups is 3. The van der Waals surface area contributed by atoms with Crippen LogP contribution in [0.3, 0.4) is 0 Å². The van der Waals surface area contributed by atoms with Crippen molar-refractivity contribution in [1.82, 2.24) is 0 Å². The highest BCUT2D eigenvalue weighted by molar-refractivity contribution is 5.91. The van der Waals surface area contributed by atoms with Crippen molar-refractivity contribution >= 4 is 17.9 Å². The number of hydrogen-bond donors (Lipinski definition) is 0. The predicted molar refractivity (Wildman–Crippen MR) is 176 cm³/mol. The highest BCUT2D eigenvalue weighted by Crippen LogP contribution is 2.47. The summed E-state index contributed by atoms with van der Waals surface area (Å²) in [6.07, 6.45) is 0. The van der Waals surface area contributed by atoms with Crippen LogP contribution in [0.2, 0.25) is 0 Å². The summed E-state index contributed by atoms with van der Waals surface area (Å²) in [5.41, 5.74) is 5.18. The molecule has 0 spiro atoms. The summed E-state index contributed by atoms with van der Waals surface area (Å²) in [5.74, 6) is 1.07. The Hall–Kier alpha value is -6.03. The first-order valence-corrected chi connectivity index (χ1v) is 15.0. The van der Waals surface area contributed by atoms with E-state index in [0.717, 1.165) is 22.3 Å². The summed E-state index contributed by atoms with van der Waals surface area (Å²) in [5, 5.41) is 0. The van der Waals surface area contributed by atoms with Crippen molar-refractivity contribution in [3.05, 3.63) is 126 Å². The Kier molecular flexibility index (Phi) is 10.4. The Morgan fingerprint density at radius 1 is 0.562 bits per heavy atom. The second kappa shape index (κ2) is 15.0. The van der Waals surface area contributed by atoms with Crippen LogP contribution in [0.25, 0.3) is 11.1 Å².